The lowest BCUT2D eigenvalue weighted by Gasteiger charge is -2.05. The molecule has 0 aliphatic heterocycles. The van der Waals surface area contributed by atoms with Gasteiger partial charge in [0.25, 0.3) is 0 Å². The van der Waals surface area contributed by atoms with E-state index in [0.29, 0.717) is 16.6 Å². The van der Waals surface area contributed by atoms with Crippen molar-refractivity contribution < 1.29 is 9.90 Å². The zero-order valence-electron chi connectivity index (χ0n) is 15.0. The normalized spacial score (nSPS) is 11.1. The molecule has 27 heavy (non-hydrogen) atoms. The van der Waals surface area contributed by atoms with Crippen molar-refractivity contribution in [2.24, 2.45) is 0 Å². The zero-order valence-corrected chi connectivity index (χ0v) is 17.3. The van der Waals surface area contributed by atoms with Crippen molar-refractivity contribution in [3.05, 3.63) is 64.1 Å². The minimum absolute atomic E-state index is 0.101. The van der Waals surface area contributed by atoms with Crippen LogP contribution in [-0.4, -0.2) is 24.2 Å². The van der Waals surface area contributed by atoms with Crippen LogP contribution >= 0.6 is 35.0 Å². The summed E-state index contributed by atoms with van der Waals surface area (Å²) in [7, 11) is 0. The molecule has 0 aromatic heterocycles. The van der Waals surface area contributed by atoms with Crippen LogP contribution in [-0.2, 0) is 4.79 Å². The minimum Gasteiger partial charge on any atom is -0.396 e. The molecule has 3 nitrogen and oxygen atoms in total. The maximum atomic E-state index is 11.9. The summed E-state index contributed by atoms with van der Waals surface area (Å²) in [6.07, 6.45) is 7.10. The molecule has 1 amide bonds. The number of hydrogen-bond donors (Lipinski definition) is 2. The van der Waals surface area contributed by atoms with Crippen LogP contribution in [0.1, 0.15) is 31.2 Å². The van der Waals surface area contributed by atoms with Gasteiger partial charge in [-0.3, -0.25) is 4.79 Å². The number of carbonyl (C=O) groups is 1. The highest BCUT2D eigenvalue weighted by Gasteiger charge is 2.04. The predicted octanol–water partition coefficient (Wildman–Crippen LogP) is 5.83. The van der Waals surface area contributed by atoms with Gasteiger partial charge < -0.3 is 10.4 Å². The van der Waals surface area contributed by atoms with Gasteiger partial charge in [0.2, 0.25) is 5.91 Å². The predicted molar refractivity (Wildman–Crippen MR) is 115 cm³/mol. The summed E-state index contributed by atoms with van der Waals surface area (Å²) < 4.78 is 0. The maximum absolute atomic E-state index is 11.9. The number of unbranched alkanes of at least 4 members (excludes halogenated alkanes) is 3. The Morgan fingerprint density at radius 3 is 2.67 bits per heavy atom. The number of benzene rings is 2. The first kappa shape index (κ1) is 21.8. The zero-order chi connectivity index (χ0) is 19.5. The molecule has 0 saturated heterocycles. The first-order chi connectivity index (χ1) is 13.1. The third kappa shape index (κ3) is 8.39. The molecule has 0 saturated carbocycles. The molecule has 0 spiro atoms. The van der Waals surface area contributed by atoms with E-state index in [2.05, 4.69) is 5.32 Å². The van der Waals surface area contributed by atoms with Gasteiger partial charge in [0, 0.05) is 34.0 Å². The van der Waals surface area contributed by atoms with Crippen LogP contribution in [0.4, 0.5) is 0 Å². The van der Waals surface area contributed by atoms with E-state index in [4.69, 9.17) is 28.3 Å². The Balaban J connectivity index is 1.85. The molecule has 2 rings (SSSR count). The van der Waals surface area contributed by atoms with Crippen LogP contribution in [0, 0.1) is 0 Å². The summed E-state index contributed by atoms with van der Waals surface area (Å²) in [6, 6.07) is 13.3. The number of carbonyl (C=O) groups excluding carboxylic acids is 1. The highest BCUT2D eigenvalue weighted by Crippen LogP contribution is 2.35. The number of nitrogens with one attached hydrogen (secondary N) is 1. The molecular weight excluding hydrogens is 401 g/mol. The fraction of sp³-hybridized carbons (Fsp3) is 0.286. The van der Waals surface area contributed by atoms with Crippen molar-refractivity contribution in [3.8, 4) is 0 Å². The van der Waals surface area contributed by atoms with E-state index < -0.39 is 0 Å². The van der Waals surface area contributed by atoms with E-state index in [1.807, 2.05) is 36.4 Å². The molecular formula is C21H23Cl2NO2S. The molecule has 6 heteroatoms. The lowest BCUT2D eigenvalue weighted by Crippen LogP contribution is -2.21. The second kappa shape index (κ2) is 12.1. The van der Waals surface area contributed by atoms with E-state index in [1.54, 1.807) is 30.0 Å². The summed E-state index contributed by atoms with van der Waals surface area (Å²) in [5.41, 5.74) is 0.947. The highest BCUT2D eigenvalue weighted by molar-refractivity contribution is 7.99. The summed E-state index contributed by atoms with van der Waals surface area (Å²) in [4.78, 5) is 13.8. The third-order valence-corrected chi connectivity index (χ3v) is 5.52. The minimum atomic E-state index is -0.101. The van der Waals surface area contributed by atoms with Gasteiger partial charge >= 0.3 is 0 Å². The van der Waals surface area contributed by atoms with Crippen molar-refractivity contribution >= 4 is 46.9 Å². The summed E-state index contributed by atoms with van der Waals surface area (Å²) >= 11 is 13.7. The number of halogens is 2. The van der Waals surface area contributed by atoms with Crippen LogP contribution in [0.15, 0.2) is 58.3 Å². The Morgan fingerprint density at radius 2 is 1.89 bits per heavy atom. The second-order valence-corrected chi connectivity index (χ2v) is 7.97. The Hall–Kier alpha value is -1.46. The van der Waals surface area contributed by atoms with Gasteiger partial charge in [0.05, 0.1) is 5.02 Å². The number of aliphatic hydroxyl groups excluding tert-OH is 1. The van der Waals surface area contributed by atoms with Crippen molar-refractivity contribution in [2.45, 2.75) is 35.5 Å². The van der Waals surface area contributed by atoms with Gasteiger partial charge in [0.1, 0.15) is 0 Å². The van der Waals surface area contributed by atoms with Gasteiger partial charge in [-0.25, -0.2) is 0 Å². The monoisotopic (exact) mass is 423 g/mol. The first-order valence-electron chi connectivity index (χ1n) is 8.88. The van der Waals surface area contributed by atoms with E-state index >= 15 is 0 Å². The van der Waals surface area contributed by atoms with Gasteiger partial charge in [-0.05, 0) is 54.8 Å². The van der Waals surface area contributed by atoms with Crippen molar-refractivity contribution in [2.75, 3.05) is 13.2 Å². The lowest BCUT2D eigenvalue weighted by molar-refractivity contribution is -0.116. The van der Waals surface area contributed by atoms with Crippen molar-refractivity contribution in [3.63, 3.8) is 0 Å². The van der Waals surface area contributed by atoms with E-state index in [9.17, 15) is 4.79 Å². The Kier molecular flexibility index (Phi) is 9.78. The molecule has 2 aromatic rings. The molecule has 0 aliphatic rings. The van der Waals surface area contributed by atoms with Gasteiger partial charge in [-0.1, -0.05) is 59.9 Å². The average Bonchev–Trinajstić information content (AvgIpc) is 2.65. The van der Waals surface area contributed by atoms with Crippen LogP contribution < -0.4 is 5.32 Å². The van der Waals surface area contributed by atoms with E-state index in [1.165, 1.54) is 0 Å². The number of amides is 1. The molecule has 0 fully saturated rings. The molecule has 2 N–H and O–H groups in total. The Morgan fingerprint density at radius 1 is 1.07 bits per heavy atom. The summed E-state index contributed by atoms with van der Waals surface area (Å²) in [5.74, 6) is -0.101. The molecule has 0 radical (unpaired) electrons. The number of hydrogen-bond acceptors (Lipinski definition) is 3. The average molecular weight is 424 g/mol. The fourth-order valence-electron chi connectivity index (χ4n) is 2.40. The van der Waals surface area contributed by atoms with Gasteiger partial charge in [-0.15, -0.1) is 0 Å². The van der Waals surface area contributed by atoms with Crippen molar-refractivity contribution in [1.82, 2.24) is 5.32 Å². The molecule has 0 aliphatic carbocycles. The Labute approximate surface area is 174 Å². The Bertz CT molecular complexity index is 781. The van der Waals surface area contributed by atoms with E-state index in [-0.39, 0.29) is 12.5 Å². The van der Waals surface area contributed by atoms with Crippen molar-refractivity contribution in [1.29, 1.82) is 0 Å². The molecule has 144 valence electrons. The maximum Gasteiger partial charge on any atom is 0.243 e. The SMILES string of the molecule is O=C(/C=C/c1cccc(Sc2ccc(Cl)cc2Cl)c1)NCCCCCCO. The molecule has 0 unspecified atom stereocenters. The van der Waals surface area contributed by atoms with Crippen LogP contribution in [0.5, 0.6) is 0 Å². The summed E-state index contributed by atoms with van der Waals surface area (Å²) in [5, 5.41) is 12.8. The standard InChI is InChI=1S/C21H23Cl2NO2S/c22-17-9-10-20(19(23)15-17)27-18-7-5-6-16(14-18)8-11-21(26)24-12-3-1-2-4-13-25/h5-11,14-15,25H,1-4,12-13H2,(H,24,26)/b11-8+. The first-order valence-corrected chi connectivity index (χ1v) is 10.5. The quantitative estimate of drug-likeness (QED) is 0.373. The molecule has 0 bridgehead atoms. The lowest BCUT2D eigenvalue weighted by atomic mass is 10.2. The fourth-order valence-corrected chi connectivity index (χ4v) is 3.81. The smallest absolute Gasteiger partial charge is 0.243 e. The van der Waals surface area contributed by atoms with E-state index in [0.717, 1.165) is 41.0 Å². The summed E-state index contributed by atoms with van der Waals surface area (Å²) in [6.45, 7) is 0.885. The molecule has 0 heterocycles. The number of rotatable bonds is 10. The van der Waals surface area contributed by atoms with Crippen LogP contribution in [0.2, 0.25) is 10.0 Å². The second-order valence-electron chi connectivity index (χ2n) is 6.01. The van der Waals surface area contributed by atoms with Crippen LogP contribution in [0.3, 0.4) is 0 Å². The van der Waals surface area contributed by atoms with Gasteiger partial charge in [0.15, 0.2) is 0 Å². The highest BCUT2D eigenvalue weighted by atomic mass is 35.5. The number of aliphatic hydroxyl groups is 1. The van der Waals surface area contributed by atoms with Crippen LogP contribution in [0.25, 0.3) is 6.08 Å². The topological polar surface area (TPSA) is 49.3 Å². The third-order valence-electron chi connectivity index (χ3n) is 3.79. The molecule has 2 aromatic carbocycles. The largest absolute Gasteiger partial charge is 0.396 e. The van der Waals surface area contributed by atoms with Gasteiger partial charge in [-0.2, -0.15) is 0 Å². The molecule has 0 atom stereocenters.